The van der Waals surface area contributed by atoms with Crippen LogP contribution < -0.4 is 5.32 Å². The molecule has 1 N–H and O–H groups in total. The lowest BCUT2D eigenvalue weighted by atomic mass is 10.2. The number of nitro benzene ring substituents is 1. The zero-order valence-electron chi connectivity index (χ0n) is 14.8. The maximum Gasteiger partial charge on any atom is 0.332 e. The Morgan fingerprint density at radius 1 is 1.28 bits per heavy atom. The summed E-state index contributed by atoms with van der Waals surface area (Å²) in [6.45, 7) is 6.32. The lowest BCUT2D eigenvalue weighted by molar-refractivity contribution is -0.385. The fourth-order valence-corrected chi connectivity index (χ4v) is 2.02. The number of non-ortho nitro benzene ring substituents is 1. The Bertz CT molecular complexity index is 587. The van der Waals surface area contributed by atoms with Gasteiger partial charge in [-0.3, -0.25) is 10.1 Å². The van der Waals surface area contributed by atoms with Gasteiger partial charge in [0.05, 0.1) is 16.7 Å². The van der Waals surface area contributed by atoms with Crippen LogP contribution in [0.25, 0.3) is 0 Å². The van der Waals surface area contributed by atoms with Crippen molar-refractivity contribution in [1.82, 2.24) is 0 Å². The number of nitrogens with zero attached hydrogens (tertiary/aromatic N) is 1. The minimum absolute atomic E-state index is 0.0659. The van der Waals surface area contributed by atoms with Crippen LogP contribution in [0.4, 0.5) is 15.8 Å². The second-order valence-corrected chi connectivity index (χ2v) is 6.55. The number of unbranched alkanes of at least 4 members (excludes halogenated alkanes) is 2. The second-order valence-electron chi connectivity index (χ2n) is 6.55. The molecule has 1 aromatic rings. The summed E-state index contributed by atoms with van der Waals surface area (Å²) in [7, 11) is 0. The Hall–Kier alpha value is -2.22. The molecule has 0 saturated carbocycles. The maximum atomic E-state index is 13.6. The van der Waals surface area contributed by atoms with Gasteiger partial charge in [-0.05, 0) is 46.1 Å². The zero-order chi connectivity index (χ0) is 18.9. The van der Waals surface area contributed by atoms with Crippen molar-refractivity contribution in [2.24, 2.45) is 0 Å². The SMILES string of the molecule is CC(C)(C)OC(=O)COCCCCCNc1ccc([N+](=O)[O-])cc1F. The number of benzene rings is 1. The summed E-state index contributed by atoms with van der Waals surface area (Å²) in [5, 5.41) is 13.4. The van der Waals surface area contributed by atoms with Gasteiger partial charge in [0.1, 0.15) is 12.2 Å². The molecular weight excluding hydrogens is 331 g/mol. The van der Waals surface area contributed by atoms with Gasteiger partial charge in [-0.2, -0.15) is 0 Å². The fraction of sp³-hybridized carbons (Fsp3) is 0.588. The second kappa shape index (κ2) is 9.93. The Balaban J connectivity index is 2.11. The predicted molar refractivity (Wildman–Crippen MR) is 92.1 cm³/mol. The van der Waals surface area contributed by atoms with Crippen LogP contribution in [0, 0.1) is 15.9 Å². The number of hydrogen-bond acceptors (Lipinski definition) is 6. The van der Waals surface area contributed by atoms with E-state index in [2.05, 4.69) is 5.32 Å². The Labute approximate surface area is 146 Å². The van der Waals surface area contributed by atoms with Crippen molar-refractivity contribution >= 4 is 17.3 Å². The summed E-state index contributed by atoms with van der Waals surface area (Å²) < 4.78 is 24.0. The number of carbonyl (C=O) groups excluding carboxylic acids is 1. The molecule has 8 heteroatoms. The van der Waals surface area contributed by atoms with E-state index in [1.54, 1.807) is 20.8 Å². The van der Waals surface area contributed by atoms with Gasteiger partial charge >= 0.3 is 5.97 Å². The molecule has 1 aromatic carbocycles. The van der Waals surface area contributed by atoms with Crippen molar-refractivity contribution < 1.29 is 23.6 Å². The van der Waals surface area contributed by atoms with Gasteiger partial charge in [0.15, 0.2) is 5.82 Å². The molecule has 0 heterocycles. The quantitative estimate of drug-likeness (QED) is 0.298. The first-order chi connectivity index (χ1) is 11.7. The van der Waals surface area contributed by atoms with E-state index in [-0.39, 0.29) is 24.0 Å². The zero-order valence-corrected chi connectivity index (χ0v) is 14.8. The highest BCUT2D eigenvalue weighted by molar-refractivity contribution is 5.71. The molecule has 7 nitrogen and oxygen atoms in total. The lowest BCUT2D eigenvalue weighted by Crippen LogP contribution is -2.26. The molecule has 0 aliphatic heterocycles. The van der Waals surface area contributed by atoms with E-state index in [0.717, 1.165) is 25.3 Å². The van der Waals surface area contributed by atoms with Crippen LogP contribution in [0.3, 0.4) is 0 Å². The predicted octanol–water partition coefficient (Wildman–Crippen LogP) is 3.67. The summed E-state index contributed by atoms with van der Waals surface area (Å²) in [5.74, 6) is -1.03. The van der Waals surface area contributed by atoms with Crippen LogP contribution in [0.2, 0.25) is 0 Å². The third kappa shape index (κ3) is 8.99. The van der Waals surface area contributed by atoms with Gasteiger partial charge in [0.2, 0.25) is 0 Å². The minimum Gasteiger partial charge on any atom is -0.458 e. The van der Waals surface area contributed by atoms with Gasteiger partial charge < -0.3 is 14.8 Å². The van der Waals surface area contributed by atoms with Crippen LogP contribution in [0.1, 0.15) is 40.0 Å². The monoisotopic (exact) mass is 356 g/mol. The van der Waals surface area contributed by atoms with Crippen LogP contribution in [-0.2, 0) is 14.3 Å². The van der Waals surface area contributed by atoms with Crippen molar-refractivity contribution in [2.45, 2.75) is 45.6 Å². The standard InChI is InChI=1S/C17H25FN2O5/c1-17(2,3)25-16(21)12-24-10-6-4-5-9-19-15-8-7-13(20(22)23)11-14(15)18/h7-8,11,19H,4-6,9-10,12H2,1-3H3. The molecule has 0 fully saturated rings. The summed E-state index contributed by atoms with van der Waals surface area (Å²) in [6, 6.07) is 3.51. The number of hydrogen-bond donors (Lipinski definition) is 1. The van der Waals surface area contributed by atoms with E-state index in [4.69, 9.17) is 9.47 Å². The number of ether oxygens (including phenoxy) is 2. The van der Waals surface area contributed by atoms with E-state index in [9.17, 15) is 19.3 Å². The normalized spacial score (nSPS) is 11.2. The van der Waals surface area contributed by atoms with Crippen molar-refractivity contribution in [2.75, 3.05) is 25.1 Å². The molecule has 0 aliphatic carbocycles. The molecular formula is C17H25FN2O5. The summed E-state index contributed by atoms with van der Waals surface area (Å²) in [4.78, 5) is 21.3. The first kappa shape index (κ1) is 20.8. The highest BCUT2D eigenvalue weighted by Crippen LogP contribution is 2.20. The van der Waals surface area contributed by atoms with Crippen LogP contribution in [-0.4, -0.2) is 36.3 Å². The number of rotatable bonds is 10. The highest BCUT2D eigenvalue weighted by atomic mass is 19.1. The maximum absolute atomic E-state index is 13.6. The lowest BCUT2D eigenvalue weighted by Gasteiger charge is -2.19. The minimum atomic E-state index is -0.644. The fourth-order valence-electron chi connectivity index (χ4n) is 2.02. The van der Waals surface area contributed by atoms with Crippen molar-refractivity contribution in [1.29, 1.82) is 0 Å². The average molecular weight is 356 g/mol. The average Bonchev–Trinajstić information content (AvgIpc) is 2.49. The number of anilines is 1. The van der Waals surface area contributed by atoms with E-state index in [1.165, 1.54) is 12.1 Å². The highest BCUT2D eigenvalue weighted by Gasteiger charge is 2.15. The third-order valence-electron chi connectivity index (χ3n) is 3.08. The molecule has 0 unspecified atom stereocenters. The van der Waals surface area contributed by atoms with Crippen LogP contribution >= 0.6 is 0 Å². The topological polar surface area (TPSA) is 90.7 Å². The molecule has 25 heavy (non-hydrogen) atoms. The molecule has 0 bridgehead atoms. The van der Waals surface area contributed by atoms with E-state index in [0.29, 0.717) is 13.2 Å². The molecule has 140 valence electrons. The van der Waals surface area contributed by atoms with Gasteiger partial charge in [-0.1, -0.05) is 0 Å². The van der Waals surface area contributed by atoms with Gasteiger partial charge in [-0.25, -0.2) is 9.18 Å². The van der Waals surface area contributed by atoms with Gasteiger partial charge in [-0.15, -0.1) is 0 Å². The van der Waals surface area contributed by atoms with Crippen molar-refractivity contribution in [3.63, 3.8) is 0 Å². The largest absolute Gasteiger partial charge is 0.458 e. The van der Waals surface area contributed by atoms with Crippen molar-refractivity contribution in [3.05, 3.63) is 34.1 Å². The Kier molecular flexibility index (Phi) is 8.27. The summed E-state index contributed by atoms with van der Waals surface area (Å²) in [6.07, 6.45) is 2.40. The number of nitrogens with one attached hydrogen (secondary N) is 1. The van der Waals surface area contributed by atoms with E-state index >= 15 is 0 Å². The molecule has 0 saturated heterocycles. The first-order valence-corrected chi connectivity index (χ1v) is 8.16. The molecule has 0 atom stereocenters. The number of carbonyl (C=O) groups is 1. The number of esters is 1. The van der Waals surface area contributed by atoms with Gasteiger partial charge in [0, 0.05) is 19.2 Å². The van der Waals surface area contributed by atoms with E-state index in [1.807, 2.05) is 0 Å². The molecule has 0 radical (unpaired) electrons. The molecule has 0 aromatic heterocycles. The van der Waals surface area contributed by atoms with Gasteiger partial charge in [0.25, 0.3) is 5.69 Å². The smallest absolute Gasteiger partial charge is 0.332 e. The van der Waals surface area contributed by atoms with Crippen LogP contribution in [0.5, 0.6) is 0 Å². The molecule has 0 spiro atoms. The molecule has 0 aliphatic rings. The third-order valence-corrected chi connectivity index (χ3v) is 3.08. The Morgan fingerprint density at radius 3 is 2.60 bits per heavy atom. The summed E-state index contributed by atoms with van der Waals surface area (Å²) in [5.41, 5.74) is -0.545. The van der Waals surface area contributed by atoms with E-state index < -0.39 is 16.3 Å². The molecule has 0 amide bonds. The van der Waals surface area contributed by atoms with Crippen molar-refractivity contribution in [3.8, 4) is 0 Å². The van der Waals surface area contributed by atoms with Crippen LogP contribution in [0.15, 0.2) is 18.2 Å². The number of nitro groups is 1. The summed E-state index contributed by atoms with van der Waals surface area (Å²) >= 11 is 0. The first-order valence-electron chi connectivity index (χ1n) is 8.16. The molecule has 1 rings (SSSR count). The Morgan fingerprint density at radius 2 is 2.00 bits per heavy atom. The number of halogens is 1.